The van der Waals surface area contributed by atoms with Crippen LogP contribution in [0.1, 0.15) is 50.7 Å². The molecule has 0 unspecified atom stereocenters. The van der Waals surface area contributed by atoms with E-state index in [4.69, 9.17) is 32.7 Å². The Balaban J connectivity index is 0.000000203. The van der Waals surface area contributed by atoms with Gasteiger partial charge < -0.3 is 9.47 Å². The third-order valence-corrected chi connectivity index (χ3v) is 7.56. The summed E-state index contributed by atoms with van der Waals surface area (Å²) in [4.78, 5) is 38.8. The number of amides is 3. The first-order valence-electron chi connectivity index (χ1n) is 13.8. The number of hydrogen-bond acceptors (Lipinski definition) is 6. The summed E-state index contributed by atoms with van der Waals surface area (Å²) in [7, 11) is 0. The van der Waals surface area contributed by atoms with Gasteiger partial charge in [-0.1, -0.05) is 29.8 Å². The molecule has 2 fully saturated rings. The van der Waals surface area contributed by atoms with Crippen LogP contribution in [0, 0.1) is 19.7 Å². The number of aryl methyl sites for hydroxylation is 2. The Morgan fingerprint density at radius 1 is 1.14 bits per heavy atom. The zero-order valence-electron chi connectivity index (χ0n) is 24.4. The molecule has 1 saturated carbocycles. The van der Waals surface area contributed by atoms with Crippen LogP contribution >= 0.6 is 23.2 Å². The van der Waals surface area contributed by atoms with Gasteiger partial charge in [-0.2, -0.15) is 5.10 Å². The van der Waals surface area contributed by atoms with Gasteiger partial charge in [0.1, 0.15) is 24.1 Å². The number of nitrogens with zero attached hydrogens (tertiary/aromatic N) is 4. The Morgan fingerprint density at radius 3 is 2.37 bits per heavy atom. The summed E-state index contributed by atoms with van der Waals surface area (Å²) in [5.74, 6) is -1.50. The average Bonchev–Trinajstić information content (AvgIpc) is 3.73. The van der Waals surface area contributed by atoms with Crippen molar-refractivity contribution in [3.05, 3.63) is 82.1 Å². The molecule has 1 saturated heterocycles. The van der Waals surface area contributed by atoms with Crippen LogP contribution in [0.4, 0.5) is 20.6 Å². The van der Waals surface area contributed by atoms with Crippen LogP contribution < -0.4 is 14.5 Å². The Kier molecular flexibility index (Phi) is 10.5. The van der Waals surface area contributed by atoms with Crippen molar-refractivity contribution in [1.82, 2.24) is 9.78 Å². The van der Waals surface area contributed by atoms with E-state index in [-0.39, 0.29) is 40.1 Å². The summed E-state index contributed by atoms with van der Waals surface area (Å²) >= 11 is 11.8. The molecule has 0 bridgehead atoms. The zero-order chi connectivity index (χ0) is 31.3. The monoisotopic (exact) mass is 630 g/mol. The van der Waals surface area contributed by atoms with Crippen molar-refractivity contribution in [3.63, 3.8) is 0 Å². The van der Waals surface area contributed by atoms with E-state index in [0.29, 0.717) is 17.1 Å². The number of cyclic esters (lactones) is 1. The van der Waals surface area contributed by atoms with E-state index in [0.717, 1.165) is 48.6 Å². The molecule has 0 spiro atoms. The lowest BCUT2D eigenvalue weighted by Crippen LogP contribution is -2.35. The van der Waals surface area contributed by atoms with Gasteiger partial charge in [0.15, 0.2) is 5.76 Å². The third-order valence-electron chi connectivity index (χ3n) is 7.03. The molecule has 0 atom stereocenters. The highest BCUT2D eigenvalue weighted by atomic mass is 35.5. The quantitative estimate of drug-likeness (QED) is 0.201. The van der Waals surface area contributed by atoms with E-state index in [1.165, 1.54) is 6.07 Å². The van der Waals surface area contributed by atoms with Crippen LogP contribution in [0.5, 0.6) is 5.75 Å². The molecule has 12 heteroatoms. The summed E-state index contributed by atoms with van der Waals surface area (Å²) in [6.07, 6.45) is 6.51. The van der Waals surface area contributed by atoms with Crippen molar-refractivity contribution in [3.8, 4) is 5.75 Å². The topological polar surface area (TPSA) is 94.0 Å². The minimum absolute atomic E-state index is 0.00962. The molecule has 43 heavy (non-hydrogen) atoms. The molecule has 2 aromatic carbocycles. The number of carbonyl (C=O) groups excluding carboxylic acids is 3. The van der Waals surface area contributed by atoms with E-state index in [9.17, 15) is 18.8 Å². The van der Waals surface area contributed by atoms with Gasteiger partial charge in [-0.15, -0.1) is 11.6 Å². The number of allylic oxidation sites excluding steroid dienone is 1. The smallest absolute Gasteiger partial charge is 0.427 e. The van der Waals surface area contributed by atoms with Crippen LogP contribution in [-0.4, -0.2) is 39.7 Å². The minimum atomic E-state index is -0.941. The lowest BCUT2D eigenvalue weighted by atomic mass is 10.1. The highest BCUT2D eigenvalue weighted by molar-refractivity contribution is 6.32. The molecule has 1 aliphatic heterocycles. The number of para-hydroxylation sites is 1. The largest absolute Gasteiger partial charge is 0.489 e. The fourth-order valence-corrected chi connectivity index (χ4v) is 5.30. The van der Waals surface area contributed by atoms with Crippen LogP contribution in [0.3, 0.4) is 0 Å². The standard InChI is InChI=1S/C17H17ClFNO4.C14H16ClN3O/c1-9(2)15-16(21)20(17(22)24-15)13-8-14(11(18)7-12(13)19)23-10-5-3-4-6-10;1-11-5-3-6-12(2)14(11)18(13(19)9-15)10-17-8-4-7-16-17/h7-8,10H,3-6H2,1-2H3;3-8H,9-10H2,1-2H3. The highest BCUT2D eigenvalue weighted by Gasteiger charge is 2.40. The predicted molar refractivity (Wildman–Crippen MR) is 163 cm³/mol. The molecule has 1 aromatic heterocycles. The van der Waals surface area contributed by atoms with Gasteiger partial charge in [0.2, 0.25) is 5.91 Å². The number of ether oxygens (including phenoxy) is 2. The van der Waals surface area contributed by atoms with Crippen molar-refractivity contribution < 1.29 is 28.2 Å². The van der Waals surface area contributed by atoms with E-state index < -0.39 is 17.8 Å². The second-order valence-corrected chi connectivity index (χ2v) is 11.2. The van der Waals surface area contributed by atoms with Crippen LogP contribution in [0.2, 0.25) is 5.02 Å². The van der Waals surface area contributed by atoms with E-state index >= 15 is 0 Å². The lowest BCUT2D eigenvalue weighted by molar-refractivity contribution is -0.117. The van der Waals surface area contributed by atoms with Gasteiger partial charge in [-0.3, -0.25) is 19.2 Å². The third kappa shape index (κ3) is 7.37. The molecule has 5 rings (SSSR count). The van der Waals surface area contributed by atoms with E-state index in [2.05, 4.69) is 5.10 Å². The summed E-state index contributed by atoms with van der Waals surface area (Å²) in [6, 6.07) is 10.1. The first-order valence-corrected chi connectivity index (χ1v) is 14.7. The van der Waals surface area contributed by atoms with Crippen molar-refractivity contribution in [1.29, 1.82) is 0 Å². The maximum Gasteiger partial charge on any atom is 0.427 e. The molecular weight excluding hydrogens is 598 g/mol. The Labute approximate surface area is 259 Å². The first kappa shape index (κ1) is 32.0. The number of aromatic nitrogens is 2. The Bertz CT molecular complexity index is 1510. The molecular formula is C31H33Cl2FN4O5. The number of rotatable bonds is 7. The highest BCUT2D eigenvalue weighted by Crippen LogP contribution is 2.37. The first-order chi connectivity index (χ1) is 20.5. The number of halogens is 3. The molecule has 2 aliphatic rings. The summed E-state index contributed by atoms with van der Waals surface area (Å²) < 4.78 is 26.8. The van der Waals surface area contributed by atoms with E-state index in [1.54, 1.807) is 29.6 Å². The molecule has 0 radical (unpaired) electrons. The second kappa shape index (κ2) is 14.1. The van der Waals surface area contributed by atoms with Gasteiger partial charge in [0.25, 0.3) is 0 Å². The molecule has 228 valence electrons. The number of imide groups is 1. The Morgan fingerprint density at radius 2 is 1.81 bits per heavy atom. The molecule has 3 aromatic rings. The SMILES string of the molecule is CC(C)=C1OC(=O)N(c2cc(OC3CCCC3)c(Cl)cc2F)C1=O.Cc1cccc(C)c1N(Cn1cccn1)C(=O)CCl. The van der Waals surface area contributed by atoms with Gasteiger partial charge in [-0.25, -0.2) is 14.1 Å². The van der Waals surface area contributed by atoms with Crippen LogP contribution in [-0.2, 0) is 21.0 Å². The number of benzene rings is 2. The number of anilines is 2. The summed E-state index contributed by atoms with van der Waals surface area (Å²) in [5, 5.41) is 4.24. The predicted octanol–water partition coefficient (Wildman–Crippen LogP) is 7.31. The summed E-state index contributed by atoms with van der Waals surface area (Å²) in [6.45, 7) is 7.61. The molecule has 3 amide bonds. The maximum absolute atomic E-state index is 14.3. The molecule has 9 nitrogen and oxygen atoms in total. The van der Waals surface area contributed by atoms with Crippen molar-refractivity contribution in [2.45, 2.75) is 66.2 Å². The van der Waals surface area contributed by atoms with Gasteiger partial charge >= 0.3 is 12.0 Å². The minimum Gasteiger partial charge on any atom is -0.489 e. The molecule has 0 N–H and O–H groups in total. The average molecular weight is 632 g/mol. The normalized spacial score (nSPS) is 14.9. The van der Waals surface area contributed by atoms with Crippen LogP contribution in [0.25, 0.3) is 0 Å². The fraction of sp³-hybridized carbons (Fsp3) is 0.355. The number of alkyl halides is 1. The van der Waals surface area contributed by atoms with Crippen LogP contribution in [0.15, 0.2) is 60.1 Å². The van der Waals surface area contributed by atoms with Crippen molar-refractivity contribution in [2.24, 2.45) is 0 Å². The lowest BCUT2D eigenvalue weighted by Gasteiger charge is -2.25. The van der Waals surface area contributed by atoms with Gasteiger partial charge in [0, 0.05) is 18.5 Å². The van der Waals surface area contributed by atoms with Gasteiger partial charge in [-0.05, 0) is 82.2 Å². The second-order valence-electron chi connectivity index (χ2n) is 10.5. The van der Waals surface area contributed by atoms with Gasteiger partial charge in [0.05, 0.1) is 22.5 Å². The fourth-order valence-electron chi connectivity index (χ4n) is 4.96. The van der Waals surface area contributed by atoms with Crippen molar-refractivity contribution in [2.75, 3.05) is 15.7 Å². The maximum atomic E-state index is 14.3. The van der Waals surface area contributed by atoms with E-state index in [1.807, 2.05) is 44.3 Å². The molecule has 2 heterocycles. The van der Waals surface area contributed by atoms with Crippen molar-refractivity contribution >= 4 is 52.5 Å². The summed E-state index contributed by atoms with van der Waals surface area (Å²) in [5.41, 5.74) is 3.31. The number of carbonyl (C=O) groups is 3. The Hall–Kier alpha value is -3.89. The molecule has 1 aliphatic carbocycles. The number of hydrogen-bond donors (Lipinski definition) is 0. The zero-order valence-corrected chi connectivity index (χ0v) is 25.9.